The quantitative estimate of drug-likeness (QED) is 0.672. The van der Waals surface area contributed by atoms with Crippen LogP contribution in [0, 0.1) is 13.8 Å². The average Bonchev–Trinajstić information content (AvgIpc) is 2.76. The Labute approximate surface area is 185 Å². The third-order valence-corrected chi connectivity index (χ3v) is 7.60. The molecule has 2 aromatic carbocycles. The van der Waals surface area contributed by atoms with E-state index < -0.39 is 10.0 Å². The fourth-order valence-electron chi connectivity index (χ4n) is 3.65. The summed E-state index contributed by atoms with van der Waals surface area (Å²) in [4.78, 5) is 14.6. The number of carbonyl (C=O) groups excluding carboxylic acids is 1. The van der Waals surface area contributed by atoms with Crippen LogP contribution < -0.4 is 10.1 Å². The van der Waals surface area contributed by atoms with Gasteiger partial charge in [-0.05, 0) is 55.2 Å². The summed E-state index contributed by atoms with van der Waals surface area (Å²) in [7, 11) is -1.89. The number of hydrogen-bond donors (Lipinski definition) is 1. The zero-order valence-corrected chi connectivity index (χ0v) is 19.2. The molecular weight excluding hydrogens is 414 g/mol. The monoisotopic (exact) mass is 445 g/mol. The Hall–Kier alpha value is -2.42. The fourth-order valence-corrected chi connectivity index (χ4v) is 5.38. The van der Waals surface area contributed by atoms with Gasteiger partial charge in [0.1, 0.15) is 5.75 Å². The van der Waals surface area contributed by atoms with Gasteiger partial charge in [0, 0.05) is 32.7 Å². The van der Waals surface area contributed by atoms with Crippen LogP contribution in [0.5, 0.6) is 5.75 Å². The zero-order chi connectivity index (χ0) is 22.4. The number of piperazine rings is 1. The van der Waals surface area contributed by atoms with Crippen LogP contribution >= 0.6 is 0 Å². The molecule has 1 aliphatic heterocycles. The lowest BCUT2D eigenvalue weighted by molar-refractivity contribution is -0.122. The second-order valence-electron chi connectivity index (χ2n) is 7.90. The van der Waals surface area contributed by atoms with Gasteiger partial charge in [-0.15, -0.1) is 0 Å². The molecule has 1 amide bonds. The number of aryl methyl sites for hydroxylation is 2. The normalized spacial score (nSPS) is 15.6. The van der Waals surface area contributed by atoms with E-state index in [1.807, 2.05) is 55.1 Å². The van der Waals surface area contributed by atoms with E-state index >= 15 is 0 Å². The molecule has 1 aliphatic rings. The second kappa shape index (κ2) is 10.3. The van der Waals surface area contributed by atoms with E-state index in [1.54, 1.807) is 13.2 Å². The lowest BCUT2D eigenvalue weighted by atomic mass is 10.1. The Balaban J connectivity index is 1.45. The molecular formula is C23H31N3O4S. The van der Waals surface area contributed by atoms with Crippen molar-refractivity contribution in [3.05, 3.63) is 59.2 Å². The van der Waals surface area contributed by atoms with Gasteiger partial charge in [0.25, 0.3) is 0 Å². The van der Waals surface area contributed by atoms with E-state index in [9.17, 15) is 13.2 Å². The van der Waals surface area contributed by atoms with E-state index in [0.717, 1.165) is 28.9 Å². The third kappa shape index (κ3) is 6.06. The summed E-state index contributed by atoms with van der Waals surface area (Å²) in [6.45, 7) is 6.39. The minimum Gasteiger partial charge on any atom is -0.497 e. The molecule has 0 spiro atoms. The number of sulfonamides is 1. The molecule has 1 heterocycles. The third-order valence-electron chi connectivity index (χ3n) is 5.55. The second-order valence-corrected chi connectivity index (χ2v) is 9.80. The van der Waals surface area contributed by atoms with Crippen molar-refractivity contribution in [3.8, 4) is 5.75 Å². The van der Waals surface area contributed by atoms with Crippen LogP contribution in [0.3, 0.4) is 0 Å². The van der Waals surface area contributed by atoms with Gasteiger partial charge in [0.2, 0.25) is 15.9 Å². The van der Waals surface area contributed by atoms with Crippen molar-refractivity contribution in [2.75, 3.05) is 46.4 Å². The van der Waals surface area contributed by atoms with E-state index in [-0.39, 0.29) is 12.5 Å². The topological polar surface area (TPSA) is 79.0 Å². The molecule has 0 aromatic heterocycles. The van der Waals surface area contributed by atoms with Gasteiger partial charge in [0.15, 0.2) is 0 Å². The predicted molar refractivity (Wildman–Crippen MR) is 121 cm³/mol. The smallest absolute Gasteiger partial charge is 0.243 e. The number of amides is 1. The highest BCUT2D eigenvalue weighted by molar-refractivity contribution is 7.89. The van der Waals surface area contributed by atoms with Crippen molar-refractivity contribution in [2.24, 2.45) is 0 Å². The first-order valence-electron chi connectivity index (χ1n) is 10.5. The van der Waals surface area contributed by atoms with Gasteiger partial charge >= 0.3 is 0 Å². The van der Waals surface area contributed by atoms with Crippen LogP contribution in [0.25, 0.3) is 0 Å². The highest BCUT2D eigenvalue weighted by Crippen LogP contribution is 2.22. The molecule has 0 atom stereocenters. The minimum atomic E-state index is -3.52. The van der Waals surface area contributed by atoms with E-state index in [1.165, 1.54) is 4.31 Å². The molecule has 0 aliphatic carbocycles. The first-order valence-corrected chi connectivity index (χ1v) is 11.9. The molecule has 8 heteroatoms. The number of rotatable bonds is 8. The Morgan fingerprint density at radius 1 is 1.03 bits per heavy atom. The van der Waals surface area contributed by atoms with Crippen molar-refractivity contribution in [2.45, 2.75) is 25.2 Å². The van der Waals surface area contributed by atoms with Gasteiger partial charge in [-0.1, -0.05) is 24.3 Å². The van der Waals surface area contributed by atoms with Crippen LogP contribution in [0.4, 0.5) is 0 Å². The number of benzene rings is 2. The van der Waals surface area contributed by atoms with Crippen LogP contribution in [0.1, 0.15) is 16.7 Å². The van der Waals surface area contributed by atoms with Gasteiger partial charge in [-0.3, -0.25) is 9.69 Å². The molecule has 2 aromatic rings. The van der Waals surface area contributed by atoms with Crippen molar-refractivity contribution >= 4 is 15.9 Å². The SMILES string of the molecule is COc1ccc(CCNC(=O)CN2CCN(S(=O)(=O)c3cc(C)ccc3C)CC2)cc1. The summed E-state index contributed by atoms with van der Waals surface area (Å²) < 4.78 is 32.7. The summed E-state index contributed by atoms with van der Waals surface area (Å²) in [6, 6.07) is 13.3. The summed E-state index contributed by atoms with van der Waals surface area (Å²) in [6.07, 6.45) is 0.748. The zero-order valence-electron chi connectivity index (χ0n) is 18.4. The van der Waals surface area contributed by atoms with Crippen molar-refractivity contribution in [3.63, 3.8) is 0 Å². The lowest BCUT2D eigenvalue weighted by Crippen LogP contribution is -2.51. The molecule has 0 unspecified atom stereocenters. The first kappa shape index (κ1) is 23.2. The molecule has 168 valence electrons. The van der Waals surface area contributed by atoms with Crippen molar-refractivity contribution in [1.82, 2.24) is 14.5 Å². The molecule has 0 saturated carbocycles. The summed E-state index contributed by atoms with van der Waals surface area (Å²) in [5.74, 6) is 0.769. The maximum absolute atomic E-state index is 13.0. The highest BCUT2D eigenvalue weighted by Gasteiger charge is 2.30. The van der Waals surface area contributed by atoms with E-state index in [0.29, 0.717) is 37.6 Å². The number of carbonyl (C=O) groups is 1. The van der Waals surface area contributed by atoms with Crippen LogP contribution in [-0.2, 0) is 21.2 Å². The van der Waals surface area contributed by atoms with Gasteiger partial charge < -0.3 is 10.1 Å². The molecule has 1 N–H and O–H groups in total. The Morgan fingerprint density at radius 3 is 2.35 bits per heavy atom. The maximum Gasteiger partial charge on any atom is 0.243 e. The maximum atomic E-state index is 13.0. The average molecular weight is 446 g/mol. The van der Waals surface area contributed by atoms with Crippen LogP contribution in [0.15, 0.2) is 47.4 Å². The Bertz CT molecular complexity index is 998. The number of hydrogen-bond acceptors (Lipinski definition) is 5. The molecule has 1 fully saturated rings. The predicted octanol–water partition coefficient (Wildman–Crippen LogP) is 1.98. The molecule has 0 radical (unpaired) electrons. The Kier molecular flexibility index (Phi) is 7.69. The van der Waals surface area contributed by atoms with Gasteiger partial charge in [-0.25, -0.2) is 8.42 Å². The Morgan fingerprint density at radius 2 is 1.71 bits per heavy atom. The van der Waals surface area contributed by atoms with E-state index in [4.69, 9.17) is 4.74 Å². The standard InChI is InChI=1S/C23H31N3O4S/c1-18-4-5-19(2)22(16-18)31(28,29)26-14-12-25(13-15-26)17-23(27)24-11-10-20-6-8-21(30-3)9-7-20/h4-9,16H,10-15,17H2,1-3H3,(H,24,27). The molecule has 0 bridgehead atoms. The summed E-state index contributed by atoms with van der Waals surface area (Å²) in [5, 5.41) is 2.94. The van der Waals surface area contributed by atoms with Crippen LogP contribution in [-0.4, -0.2) is 69.9 Å². The summed E-state index contributed by atoms with van der Waals surface area (Å²) in [5.41, 5.74) is 2.81. The van der Waals surface area contributed by atoms with Crippen molar-refractivity contribution < 1.29 is 17.9 Å². The van der Waals surface area contributed by atoms with Crippen molar-refractivity contribution in [1.29, 1.82) is 0 Å². The van der Waals surface area contributed by atoms with Gasteiger partial charge in [0.05, 0.1) is 18.6 Å². The van der Waals surface area contributed by atoms with Crippen LogP contribution in [0.2, 0.25) is 0 Å². The molecule has 3 rings (SSSR count). The van der Waals surface area contributed by atoms with Gasteiger partial charge in [-0.2, -0.15) is 4.31 Å². The summed E-state index contributed by atoms with van der Waals surface area (Å²) >= 11 is 0. The number of nitrogens with one attached hydrogen (secondary N) is 1. The fraction of sp³-hybridized carbons (Fsp3) is 0.435. The first-order chi connectivity index (χ1) is 14.8. The minimum absolute atomic E-state index is 0.0423. The number of nitrogens with zero attached hydrogens (tertiary/aromatic N) is 2. The largest absolute Gasteiger partial charge is 0.497 e. The number of methoxy groups -OCH3 is 1. The molecule has 7 nitrogen and oxygen atoms in total. The molecule has 1 saturated heterocycles. The molecule has 31 heavy (non-hydrogen) atoms. The van der Waals surface area contributed by atoms with E-state index in [2.05, 4.69) is 5.32 Å². The lowest BCUT2D eigenvalue weighted by Gasteiger charge is -2.33. The number of ether oxygens (including phenoxy) is 1. The highest BCUT2D eigenvalue weighted by atomic mass is 32.2.